The summed E-state index contributed by atoms with van der Waals surface area (Å²) in [7, 11) is 0. The molecule has 2 aliphatic rings. The summed E-state index contributed by atoms with van der Waals surface area (Å²) < 4.78 is 13.4. The molecule has 0 radical (unpaired) electrons. The van der Waals surface area contributed by atoms with E-state index in [9.17, 15) is 9.18 Å². The van der Waals surface area contributed by atoms with E-state index in [0.29, 0.717) is 13.0 Å². The van der Waals surface area contributed by atoms with Gasteiger partial charge in [-0.25, -0.2) is 4.39 Å². The largest absolute Gasteiger partial charge is 0.336 e. The Morgan fingerprint density at radius 2 is 1.88 bits per heavy atom. The van der Waals surface area contributed by atoms with E-state index < -0.39 is 0 Å². The molecule has 4 nitrogen and oxygen atoms in total. The van der Waals surface area contributed by atoms with Gasteiger partial charge in [0.2, 0.25) is 5.91 Å². The van der Waals surface area contributed by atoms with Gasteiger partial charge in [0.1, 0.15) is 5.82 Å². The van der Waals surface area contributed by atoms with Crippen LogP contribution in [0, 0.1) is 5.82 Å². The molecule has 5 heteroatoms. The minimum atomic E-state index is -0.188. The van der Waals surface area contributed by atoms with E-state index >= 15 is 0 Å². The van der Waals surface area contributed by atoms with E-state index in [0.717, 1.165) is 56.8 Å². The number of amides is 1. The van der Waals surface area contributed by atoms with Crippen molar-refractivity contribution in [2.75, 3.05) is 45.8 Å². The summed E-state index contributed by atoms with van der Waals surface area (Å²) >= 11 is 0. The molecule has 24 heavy (non-hydrogen) atoms. The van der Waals surface area contributed by atoms with Crippen molar-refractivity contribution in [2.45, 2.75) is 32.7 Å². The third-order valence-electron chi connectivity index (χ3n) is 5.52. The normalized spacial score (nSPS) is 22.5. The molecule has 1 fully saturated rings. The second-order valence-corrected chi connectivity index (χ2v) is 6.88. The molecule has 1 aromatic carbocycles. The molecule has 2 aliphatic heterocycles. The van der Waals surface area contributed by atoms with Crippen LogP contribution in [0.25, 0.3) is 0 Å². The van der Waals surface area contributed by atoms with E-state index in [1.54, 1.807) is 6.07 Å². The predicted molar refractivity (Wildman–Crippen MR) is 93.4 cm³/mol. The average molecular weight is 333 g/mol. The summed E-state index contributed by atoms with van der Waals surface area (Å²) in [4.78, 5) is 19.5. The van der Waals surface area contributed by atoms with Crippen molar-refractivity contribution in [3.05, 3.63) is 35.1 Å². The number of nitrogens with zero attached hydrogens (tertiary/aromatic N) is 3. The molecule has 0 N–H and O–H groups in total. The monoisotopic (exact) mass is 333 g/mol. The molecule has 0 bridgehead atoms. The third-order valence-corrected chi connectivity index (χ3v) is 5.52. The first-order valence-corrected chi connectivity index (χ1v) is 9.11. The lowest BCUT2D eigenvalue weighted by Gasteiger charge is -2.37. The van der Waals surface area contributed by atoms with Crippen LogP contribution in [0.3, 0.4) is 0 Å². The van der Waals surface area contributed by atoms with Crippen LogP contribution in [0.2, 0.25) is 0 Å². The van der Waals surface area contributed by atoms with Crippen molar-refractivity contribution in [2.24, 2.45) is 0 Å². The van der Waals surface area contributed by atoms with Gasteiger partial charge in [-0.05, 0) is 43.1 Å². The zero-order valence-electron chi connectivity index (χ0n) is 14.8. The average Bonchev–Trinajstić information content (AvgIpc) is 2.60. The van der Waals surface area contributed by atoms with E-state index in [2.05, 4.69) is 16.7 Å². The highest BCUT2D eigenvalue weighted by Crippen LogP contribution is 2.30. The van der Waals surface area contributed by atoms with Crippen molar-refractivity contribution in [3.63, 3.8) is 0 Å². The standard InChI is InChI=1S/C19H28FN3O/c1-3-21-10-12-22(13-11-21)8-7-19(24)23-9-6-16-14-17(20)4-5-18(16)15(23)2/h4-5,14-15H,3,6-13H2,1-2H3/t15-/m1/s1. The number of rotatable bonds is 4. The van der Waals surface area contributed by atoms with Crippen LogP contribution in [-0.4, -0.2) is 66.4 Å². The molecule has 0 aliphatic carbocycles. The van der Waals surface area contributed by atoms with Crippen LogP contribution in [0.15, 0.2) is 18.2 Å². The van der Waals surface area contributed by atoms with Crippen LogP contribution in [0.1, 0.15) is 37.4 Å². The SMILES string of the molecule is CCN1CCN(CCC(=O)N2CCc3cc(F)ccc3[C@H]2C)CC1. The van der Waals surface area contributed by atoms with Gasteiger partial charge in [0.05, 0.1) is 6.04 Å². The second kappa shape index (κ2) is 7.62. The number of benzene rings is 1. The minimum absolute atomic E-state index is 0.0405. The number of hydrogen-bond acceptors (Lipinski definition) is 3. The smallest absolute Gasteiger partial charge is 0.224 e. The first-order chi connectivity index (χ1) is 11.6. The summed E-state index contributed by atoms with van der Waals surface area (Å²) in [6, 6.07) is 4.98. The van der Waals surface area contributed by atoms with Gasteiger partial charge >= 0.3 is 0 Å². The molecular weight excluding hydrogens is 305 g/mol. The van der Waals surface area contributed by atoms with Crippen molar-refractivity contribution >= 4 is 5.91 Å². The topological polar surface area (TPSA) is 26.8 Å². The van der Waals surface area contributed by atoms with E-state index in [1.165, 1.54) is 6.07 Å². The zero-order chi connectivity index (χ0) is 17.1. The van der Waals surface area contributed by atoms with E-state index in [1.807, 2.05) is 17.9 Å². The Bertz CT molecular complexity index is 584. The molecule has 0 spiro atoms. The second-order valence-electron chi connectivity index (χ2n) is 6.88. The molecule has 1 saturated heterocycles. The van der Waals surface area contributed by atoms with Crippen molar-refractivity contribution in [1.29, 1.82) is 0 Å². The fraction of sp³-hybridized carbons (Fsp3) is 0.632. The van der Waals surface area contributed by atoms with Crippen molar-refractivity contribution in [3.8, 4) is 0 Å². The molecule has 3 rings (SSSR count). The molecule has 1 aromatic rings. The van der Waals surface area contributed by atoms with E-state index in [-0.39, 0.29) is 17.8 Å². The van der Waals surface area contributed by atoms with Crippen LogP contribution >= 0.6 is 0 Å². The van der Waals surface area contributed by atoms with Gasteiger partial charge in [-0.3, -0.25) is 4.79 Å². The van der Waals surface area contributed by atoms with Crippen LogP contribution in [0.4, 0.5) is 4.39 Å². The molecule has 132 valence electrons. The maximum absolute atomic E-state index is 13.4. The van der Waals surface area contributed by atoms with Gasteiger partial charge in [-0.15, -0.1) is 0 Å². The lowest BCUT2D eigenvalue weighted by molar-refractivity contribution is -0.134. The van der Waals surface area contributed by atoms with Gasteiger partial charge in [0, 0.05) is 45.7 Å². The number of piperazine rings is 1. The van der Waals surface area contributed by atoms with Gasteiger partial charge in [0.15, 0.2) is 0 Å². The quantitative estimate of drug-likeness (QED) is 0.846. The summed E-state index contributed by atoms with van der Waals surface area (Å²) in [6.45, 7) is 11.2. The Labute approximate surface area is 144 Å². The Hall–Kier alpha value is -1.46. The maximum Gasteiger partial charge on any atom is 0.224 e. The van der Waals surface area contributed by atoms with E-state index in [4.69, 9.17) is 0 Å². The number of carbonyl (C=O) groups is 1. The van der Waals surface area contributed by atoms with Crippen molar-refractivity contribution in [1.82, 2.24) is 14.7 Å². The third kappa shape index (κ3) is 3.78. The fourth-order valence-electron chi connectivity index (χ4n) is 3.87. The Morgan fingerprint density at radius 3 is 2.58 bits per heavy atom. The summed E-state index contributed by atoms with van der Waals surface area (Å²) in [5.41, 5.74) is 2.13. The number of carbonyl (C=O) groups excluding carboxylic acids is 1. The molecule has 1 amide bonds. The van der Waals surface area contributed by atoms with Gasteiger partial charge < -0.3 is 14.7 Å². The first-order valence-electron chi connectivity index (χ1n) is 9.11. The number of fused-ring (bicyclic) bond motifs is 1. The molecule has 0 unspecified atom stereocenters. The minimum Gasteiger partial charge on any atom is -0.336 e. The summed E-state index contributed by atoms with van der Waals surface area (Å²) in [6.07, 6.45) is 1.32. The highest BCUT2D eigenvalue weighted by molar-refractivity contribution is 5.77. The zero-order valence-corrected chi connectivity index (χ0v) is 14.8. The number of halogens is 1. The molecular formula is C19H28FN3O. The fourth-order valence-corrected chi connectivity index (χ4v) is 3.87. The van der Waals surface area contributed by atoms with Gasteiger partial charge in [-0.2, -0.15) is 0 Å². The molecule has 2 heterocycles. The Balaban J connectivity index is 1.53. The highest BCUT2D eigenvalue weighted by Gasteiger charge is 2.28. The van der Waals surface area contributed by atoms with Crippen molar-refractivity contribution < 1.29 is 9.18 Å². The van der Waals surface area contributed by atoms with Crippen LogP contribution < -0.4 is 0 Å². The number of likely N-dealkylation sites (N-methyl/N-ethyl adjacent to an activating group) is 1. The first kappa shape index (κ1) is 17.4. The van der Waals surface area contributed by atoms with Gasteiger partial charge in [-0.1, -0.05) is 13.0 Å². The molecule has 0 saturated carbocycles. The molecule has 0 aromatic heterocycles. The van der Waals surface area contributed by atoms with Crippen LogP contribution in [0.5, 0.6) is 0 Å². The lowest BCUT2D eigenvalue weighted by Crippen LogP contribution is -2.47. The molecule has 1 atom stereocenters. The highest BCUT2D eigenvalue weighted by atomic mass is 19.1. The van der Waals surface area contributed by atoms with Crippen LogP contribution in [-0.2, 0) is 11.2 Å². The predicted octanol–water partition coefficient (Wildman–Crippen LogP) is 2.30. The summed E-state index contributed by atoms with van der Waals surface area (Å²) in [5.74, 6) is 0.0299. The summed E-state index contributed by atoms with van der Waals surface area (Å²) in [5, 5.41) is 0. The number of hydrogen-bond donors (Lipinski definition) is 0. The van der Waals surface area contributed by atoms with Gasteiger partial charge in [0.25, 0.3) is 0 Å². The maximum atomic E-state index is 13.4. The Kier molecular flexibility index (Phi) is 5.51. The Morgan fingerprint density at radius 1 is 1.17 bits per heavy atom. The lowest BCUT2D eigenvalue weighted by atomic mass is 9.93.